The summed E-state index contributed by atoms with van der Waals surface area (Å²) >= 11 is 0. The molecule has 1 aliphatic carbocycles. The van der Waals surface area contributed by atoms with Gasteiger partial charge in [-0.2, -0.15) is 0 Å². The lowest BCUT2D eigenvalue weighted by Crippen LogP contribution is -2.38. The third-order valence-corrected chi connectivity index (χ3v) is 3.52. The summed E-state index contributed by atoms with van der Waals surface area (Å²) in [6, 6.07) is 2.58. The molecule has 1 heterocycles. The summed E-state index contributed by atoms with van der Waals surface area (Å²) in [7, 11) is 0. The van der Waals surface area contributed by atoms with Gasteiger partial charge < -0.3 is 9.63 Å². The van der Waals surface area contributed by atoms with E-state index in [4.69, 9.17) is 9.63 Å². The van der Waals surface area contributed by atoms with E-state index >= 15 is 0 Å². The van der Waals surface area contributed by atoms with E-state index in [1.165, 1.54) is 32.1 Å². The van der Waals surface area contributed by atoms with Crippen LogP contribution in [0, 0.1) is 6.92 Å². The Morgan fingerprint density at radius 2 is 2.18 bits per heavy atom. The Morgan fingerprint density at radius 1 is 1.41 bits per heavy atom. The zero-order valence-corrected chi connectivity index (χ0v) is 10.6. The molecule has 0 atom stereocenters. The number of nitrogens with zero attached hydrogens (tertiary/aromatic N) is 2. The number of aliphatic hydroxyl groups is 1. The van der Waals surface area contributed by atoms with Crippen LogP contribution >= 0.6 is 0 Å². The van der Waals surface area contributed by atoms with Gasteiger partial charge in [0.25, 0.3) is 0 Å². The van der Waals surface area contributed by atoms with Crippen molar-refractivity contribution in [1.29, 1.82) is 0 Å². The Kier molecular flexibility index (Phi) is 4.57. The molecule has 0 radical (unpaired) electrons. The molecular weight excluding hydrogens is 216 g/mol. The van der Waals surface area contributed by atoms with Crippen LogP contribution in [0.2, 0.25) is 0 Å². The largest absolute Gasteiger partial charge is 0.395 e. The first-order valence-electron chi connectivity index (χ1n) is 6.56. The topological polar surface area (TPSA) is 49.5 Å². The van der Waals surface area contributed by atoms with Crippen molar-refractivity contribution in [2.75, 3.05) is 13.2 Å². The Labute approximate surface area is 103 Å². The van der Waals surface area contributed by atoms with E-state index in [0.29, 0.717) is 6.04 Å². The number of aliphatic hydroxyl groups excluding tert-OH is 1. The lowest BCUT2D eigenvalue weighted by Gasteiger charge is -2.33. The van der Waals surface area contributed by atoms with Crippen LogP contribution in [0.5, 0.6) is 0 Å². The number of aromatic nitrogens is 1. The highest BCUT2D eigenvalue weighted by Gasteiger charge is 2.21. The summed E-state index contributed by atoms with van der Waals surface area (Å²) in [5.74, 6) is 0.854. The van der Waals surface area contributed by atoms with Gasteiger partial charge in [0.2, 0.25) is 0 Å². The predicted molar refractivity (Wildman–Crippen MR) is 65.6 cm³/mol. The van der Waals surface area contributed by atoms with E-state index in [1.807, 2.05) is 13.0 Å². The highest BCUT2D eigenvalue weighted by atomic mass is 16.5. The van der Waals surface area contributed by atoms with Gasteiger partial charge in [0.1, 0.15) is 5.76 Å². The molecule has 1 aromatic heterocycles. The molecule has 1 N–H and O–H groups in total. The van der Waals surface area contributed by atoms with Crippen molar-refractivity contribution < 1.29 is 9.63 Å². The van der Waals surface area contributed by atoms with Crippen LogP contribution in [-0.2, 0) is 6.54 Å². The molecule has 0 aliphatic heterocycles. The van der Waals surface area contributed by atoms with Gasteiger partial charge in [0, 0.05) is 25.2 Å². The summed E-state index contributed by atoms with van der Waals surface area (Å²) < 4.78 is 5.09. The molecule has 1 fully saturated rings. The molecule has 0 amide bonds. The van der Waals surface area contributed by atoms with Crippen molar-refractivity contribution in [3.05, 3.63) is 17.5 Å². The molecule has 4 heteroatoms. The van der Waals surface area contributed by atoms with Crippen molar-refractivity contribution >= 4 is 0 Å². The minimum Gasteiger partial charge on any atom is -0.395 e. The van der Waals surface area contributed by atoms with Crippen molar-refractivity contribution in [1.82, 2.24) is 10.1 Å². The summed E-state index contributed by atoms with van der Waals surface area (Å²) in [5, 5.41) is 13.2. The summed E-state index contributed by atoms with van der Waals surface area (Å²) in [4.78, 5) is 2.34. The quantitative estimate of drug-likeness (QED) is 0.853. The summed E-state index contributed by atoms with van der Waals surface area (Å²) in [5.41, 5.74) is 0.974. The first-order valence-corrected chi connectivity index (χ1v) is 6.56. The predicted octanol–water partition coefficient (Wildman–Crippen LogP) is 2.11. The molecule has 0 spiro atoms. The second-order valence-electron chi connectivity index (χ2n) is 4.91. The Morgan fingerprint density at radius 3 is 2.76 bits per heavy atom. The molecule has 0 unspecified atom stereocenters. The van der Waals surface area contributed by atoms with Crippen molar-refractivity contribution in [3.63, 3.8) is 0 Å². The van der Waals surface area contributed by atoms with Gasteiger partial charge in [-0.1, -0.05) is 24.4 Å². The number of aryl methyl sites for hydroxylation is 1. The van der Waals surface area contributed by atoms with Gasteiger partial charge in [0.15, 0.2) is 0 Å². The van der Waals surface area contributed by atoms with E-state index in [9.17, 15) is 0 Å². The molecule has 4 nitrogen and oxygen atoms in total. The van der Waals surface area contributed by atoms with Crippen LogP contribution in [0.1, 0.15) is 43.6 Å². The van der Waals surface area contributed by atoms with Gasteiger partial charge in [-0.3, -0.25) is 4.90 Å². The van der Waals surface area contributed by atoms with Crippen LogP contribution < -0.4 is 0 Å². The molecule has 0 bridgehead atoms. The van der Waals surface area contributed by atoms with Crippen molar-refractivity contribution in [2.24, 2.45) is 0 Å². The average Bonchev–Trinajstić information content (AvgIpc) is 2.75. The Bertz CT molecular complexity index is 332. The second kappa shape index (κ2) is 6.17. The maximum absolute atomic E-state index is 9.17. The molecular formula is C13H22N2O2. The fourth-order valence-electron chi connectivity index (χ4n) is 2.67. The standard InChI is InChI=1S/C13H22N2O2/c1-11-9-12(14-17-11)10-15(7-8-16)13-5-3-2-4-6-13/h9,13,16H,2-8,10H2,1H3. The average molecular weight is 238 g/mol. The van der Waals surface area contributed by atoms with Crippen LogP contribution in [0.25, 0.3) is 0 Å². The Hall–Kier alpha value is -0.870. The number of hydrogen-bond acceptors (Lipinski definition) is 4. The van der Waals surface area contributed by atoms with Crippen LogP contribution in [-0.4, -0.2) is 34.4 Å². The van der Waals surface area contributed by atoms with E-state index in [1.54, 1.807) is 0 Å². The molecule has 0 aromatic carbocycles. The van der Waals surface area contributed by atoms with E-state index in [2.05, 4.69) is 10.1 Å². The lowest BCUT2D eigenvalue weighted by molar-refractivity contribution is 0.114. The molecule has 1 aromatic rings. The van der Waals surface area contributed by atoms with Gasteiger partial charge in [0.05, 0.1) is 12.3 Å². The first kappa shape index (κ1) is 12.6. The number of rotatable bonds is 5. The highest BCUT2D eigenvalue weighted by molar-refractivity contribution is 5.03. The Balaban J connectivity index is 1.95. The second-order valence-corrected chi connectivity index (χ2v) is 4.91. The van der Waals surface area contributed by atoms with E-state index in [0.717, 1.165) is 24.5 Å². The van der Waals surface area contributed by atoms with Crippen LogP contribution in [0.3, 0.4) is 0 Å². The van der Waals surface area contributed by atoms with Crippen LogP contribution in [0.15, 0.2) is 10.6 Å². The van der Waals surface area contributed by atoms with Gasteiger partial charge in [-0.05, 0) is 19.8 Å². The fraction of sp³-hybridized carbons (Fsp3) is 0.769. The van der Waals surface area contributed by atoms with Gasteiger partial charge in [-0.15, -0.1) is 0 Å². The fourth-order valence-corrected chi connectivity index (χ4v) is 2.67. The third kappa shape index (κ3) is 3.54. The zero-order valence-electron chi connectivity index (χ0n) is 10.6. The molecule has 96 valence electrons. The molecule has 17 heavy (non-hydrogen) atoms. The third-order valence-electron chi connectivity index (χ3n) is 3.52. The smallest absolute Gasteiger partial charge is 0.133 e. The summed E-state index contributed by atoms with van der Waals surface area (Å²) in [6.07, 6.45) is 6.47. The molecule has 1 saturated carbocycles. The first-order chi connectivity index (χ1) is 8.29. The van der Waals surface area contributed by atoms with Crippen molar-refractivity contribution in [3.8, 4) is 0 Å². The zero-order chi connectivity index (χ0) is 12.1. The lowest BCUT2D eigenvalue weighted by atomic mass is 9.94. The minimum absolute atomic E-state index is 0.216. The van der Waals surface area contributed by atoms with Gasteiger partial charge in [-0.25, -0.2) is 0 Å². The van der Waals surface area contributed by atoms with Crippen molar-refractivity contribution in [2.45, 2.75) is 51.6 Å². The van der Waals surface area contributed by atoms with E-state index in [-0.39, 0.29) is 6.61 Å². The normalized spacial score (nSPS) is 17.8. The molecule has 1 aliphatic rings. The SMILES string of the molecule is Cc1cc(CN(CCO)C2CCCCC2)no1. The monoisotopic (exact) mass is 238 g/mol. The van der Waals surface area contributed by atoms with E-state index < -0.39 is 0 Å². The number of hydrogen-bond donors (Lipinski definition) is 1. The van der Waals surface area contributed by atoms with Crippen LogP contribution in [0.4, 0.5) is 0 Å². The highest BCUT2D eigenvalue weighted by Crippen LogP contribution is 2.23. The summed E-state index contributed by atoms with van der Waals surface area (Å²) in [6.45, 7) is 3.65. The maximum Gasteiger partial charge on any atom is 0.133 e. The minimum atomic E-state index is 0.216. The maximum atomic E-state index is 9.17. The molecule has 0 saturated heterocycles. The van der Waals surface area contributed by atoms with Gasteiger partial charge >= 0.3 is 0 Å². The molecule has 2 rings (SSSR count).